The smallest absolute Gasteiger partial charge is 0.0345 e. The number of hydrogen-bond acceptors (Lipinski definition) is 2. The zero-order chi connectivity index (χ0) is 15.4. The van der Waals surface area contributed by atoms with Crippen LogP contribution in [0.3, 0.4) is 0 Å². The number of hydrogen-bond donors (Lipinski definition) is 0. The number of fused-ring (bicyclic) bond motifs is 2. The van der Waals surface area contributed by atoms with Crippen molar-refractivity contribution >= 4 is 42.8 Å². The molecule has 112 valence electrons. The maximum Gasteiger partial charge on any atom is 0.0345 e. The lowest BCUT2D eigenvalue weighted by atomic mass is 10.2. The second-order valence-electron chi connectivity index (χ2n) is 5.21. The van der Waals surface area contributed by atoms with Crippen LogP contribution in [0.5, 0.6) is 0 Å². The number of aryl methyl sites for hydroxylation is 2. The van der Waals surface area contributed by atoms with E-state index in [0.717, 1.165) is 12.8 Å². The van der Waals surface area contributed by atoms with Crippen molar-refractivity contribution in [2.75, 3.05) is 0 Å². The molecule has 2 heteroatoms. The van der Waals surface area contributed by atoms with Crippen LogP contribution < -0.4 is 0 Å². The zero-order valence-corrected chi connectivity index (χ0v) is 14.6. The van der Waals surface area contributed by atoms with E-state index in [4.69, 9.17) is 0 Å². The molecule has 0 radical (unpaired) electrons. The summed E-state index contributed by atoms with van der Waals surface area (Å²) in [7, 11) is 0. The van der Waals surface area contributed by atoms with Gasteiger partial charge in [-0.25, -0.2) is 0 Å². The standard InChI is InChI=1S/2C10H10S/c2*1-2-9-7-8-5-3-4-6-10(8)11-9/h2*3-7H,2H2,1H3. The van der Waals surface area contributed by atoms with Gasteiger partial charge < -0.3 is 0 Å². The highest BCUT2D eigenvalue weighted by atomic mass is 32.1. The Hall–Kier alpha value is -1.64. The average Bonchev–Trinajstić information content (AvgIpc) is 3.18. The fraction of sp³-hybridized carbons (Fsp3) is 0.200. The first kappa shape index (κ1) is 15.3. The van der Waals surface area contributed by atoms with E-state index in [0.29, 0.717) is 0 Å². The van der Waals surface area contributed by atoms with Crippen LogP contribution in [0.15, 0.2) is 60.7 Å². The Kier molecular flexibility index (Phi) is 4.91. The Morgan fingerprint density at radius 3 is 1.41 bits per heavy atom. The van der Waals surface area contributed by atoms with Crippen LogP contribution in [0.4, 0.5) is 0 Å². The summed E-state index contributed by atoms with van der Waals surface area (Å²) in [4.78, 5) is 2.96. The molecule has 0 atom stereocenters. The third kappa shape index (κ3) is 3.40. The Bertz CT molecular complexity index is 727. The lowest BCUT2D eigenvalue weighted by Gasteiger charge is -1.82. The normalized spacial score (nSPS) is 10.6. The maximum atomic E-state index is 2.28. The van der Waals surface area contributed by atoms with Gasteiger partial charge in [0.25, 0.3) is 0 Å². The molecule has 0 N–H and O–H groups in total. The summed E-state index contributed by atoms with van der Waals surface area (Å²) < 4.78 is 2.81. The summed E-state index contributed by atoms with van der Waals surface area (Å²) in [5.74, 6) is 0. The minimum Gasteiger partial charge on any atom is -0.140 e. The molecule has 4 rings (SSSR count). The topological polar surface area (TPSA) is 0 Å². The largest absolute Gasteiger partial charge is 0.140 e. The lowest BCUT2D eigenvalue weighted by Crippen LogP contribution is -1.64. The van der Waals surface area contributed by atoms with Gasteiger partial charge in [0.1, 0.15) is 0 Å². The lowest BCUT2D eigenvalue weighted by molar-refractivity contribution is 1.19. The van der Waals surface area contributed by atoms with Gasteiger partial charge >= 0.3 is 0 Å². The average molecular weight is 325 g/mol. The molecule has 4 aromatic rings. The molecule has 0 fully saturated rings. The molecular formula is C20H20S2. The van der Waals surface area contributed by atoms with E-state index in [1.54, 1.807) is 0 Å². The van der Waals surface area contributed by atoms with Crippen LogP contribution in [-0.4, -0.2) is 0 Å². The van der Waals surface area contributed by atoms with Crippen molar-refractivity contribution in [3.8, 4) is 0 Å². The molecule has 2 aromatic heterocycles. The van der Waals surface area contributed by atoms with Crippen molar-refractivity contribution < 1.29 is 0 Å². The Balaban J connectivity index is 0.000000131. The van der Waals surface area contributed by atoms with E-state index in [2.05, 4.69) is 74.5 Å². The summed E-state index contributed by atoms with van der Waals surface area (Å²) in [6.45, 7) is 4.40. The first-order valence-electron chi connectivity index (χ1n) is 7.75. The van der Waals surface area contributed by atoms with E-state index in [1.807, 2.05) is 22.7 Å². The molecule has 0 unspecified atom stereocenters. The summed E-state index contributed by atoms with van der Waals surface area (Å²) in [6.07, 6.45) is 2.30. The Morgan fingerprint density at radius 2 is 1.05 bits per heavy atom. The van der Waals surface area contributed by atoms with Crippen molar-refractivity contribution in [1.82, 2.24) is 0 Å². The van der Waals surface area contributed by atoms with Gasteiger partial charge in [0, 0.05) is 19.2 Å². The quantitative estimate of drug-likeness (QED) is 0.375. The van der Waals surface area contributed by atoms with E-state index < -0.39 is 0 Å². The van der Waals surface area contributed by atoms with Gasteiger partial charge in [0.05, 0.1) is 0 Å². The van der Waals surface area contributed by atoms with E-state index in [-0.39, 0.29) is 0 Å². The summed E-state index contributed by atoms with van der Waals surface area (Å²) >= 11 is 3.79. The third-order valence-corrected chi connectivity index (χ3v) is 6.17. The van der Waals surface area contributed by atoms with Gasteiger partial charge in [0.2, 0.25) is 0 Å². The van der Waals surface area contributed by atoms with Crippen molar-refractivity contribution in [3.63, 3.8) is 0 Å². The molecule has 0 saturated carbocycles. The molecule has 2 heterocycles. The predicted molar refractivity (Wildman–Crippen MR) is 102 cm³/mol. The number of rotatable bonds is 2. The maximum absolute atomic E-state index is 2.28. The Morgan fingerprint density at radius 1 is 0.636 bits per heavy atom. The third-order valence-electron chi connectivity index (χ3n) is 3.65. The van der Waals surface area contributed by atoms with E-state index in [1.165, 1.54) is 29.9 Å². The van der Waals surface area contributed by atoms with E-state index >= 15 is 0 Å². The molecule has 0 bridgehead atoms. The Labute approximate surface area is 140 Å². The summed E-state index contributed by atoms with van der Waals surface area (Å²) in [5, 5.41) is 2.77. The van der Waals surface area contributed by atoms with Crippen molar-refractivity contribution in [1.29, 1.82) is 0 Å². The molecule has 22 heavy (non-hydrogen) atoms. The van der Waals surface area contributed by atoms with Crippen molar-refractivity contribution in [2.24, 2.45) is 0 Å². The highest BCUT2D eigenvalue weighted by molar-refractivity contribution is 7.19. The first-order chi connectivity index (χ1) is 10.8. The van der Waals surface area contributed by atoms with Gasteiger partial charge in [-0.2, -0.15) is 0 Å². The van der Waals surface area contributed by atoms with Gasteiger partial charge in [-0.3, -0.25) is 0 Å². The second-order valence-corrected chi connectivity index (χ2v) is 7.54. The molecule has 0 nitrogen and oxygen atoms in total. The fourth-order valence-corrected chi connectivity index (χ4v) is 4.43. The van der Waals surface area contributed by atoms with Crippen molar-refractivity contribution in [2.45, 2.75) is 26.7 Å². The van der Waals surface area contributed by atoms with Gasteiger partial charge in [0.15, 0.2) is 0 Å². The van der Waals surface area contributed by atoms with Crippen LogP contribution >= 0.6 is 22.7 Å². The monoisotopic (exact) mass is 324 g/mol. The molecule has 0 saturated heterocycles. The fourth-order valence-electron chi connectivity index (χ4n) is 2.42. The second kappa shape index (κ2) is 7.08. The minimum absolute atomic E-state index is 1.15. The van der Waals surface area contributed by atoms with Crippen molar-refractivity contribution in [3.05, 3.63) is 70.4 Å². The highest BCUT2D eigenvalue weighted by Crippen LogP contribution is 2.25. The van der Waals surface area contributed by atoms with Crippen LogP contribution in [0.2, 0.25) is 0 Å². The molecular weight excluding hydrogens is 304 g/mol. The molecule has 0 spiro atoms. The first-order valence-corrected chi connectivity index (χ1v) is 9.38. The predicted octanol–water partition coefficient (Wildman–Crippen LogP) is 6.93. The van der Waals surface area contributed by atoms with Crippen LogP contribution in [0.25, 0.3) is 20.2 Å². The summed E-state index contributed by atoms with van der Waals surface area (Å²) in [5.41, 5.74) is 0. The van der Waals surface area contributed by atoms with Gasteiger partial charge in [-0.05, 0) is 47.9 Å². The van der Waals surface area contributed by atoms with Gasteiger partial charge in [-0.15, -0.1) is 22.7 Å². The van der Waals surface area contributed by atoms with Gasteiger partial charge in [-0.1, -0.05) is 50.2 Å². The molecule has 0 aliphatic carbocycles. The molecule has 0 aliphatic heterocycles. The number of benzene rings is 2. The summed E-state index contributed by atoms with van der Waals surface area (Å²) in [6, 6.07) is 21.6. The highest BCUT2D eigenvalue weighted by Gasteiger charge is 1.97. The number of thiophene rings is 2. The van der Waals surface area contributed by atoms with E-state index in [9.17, 15) is 0 Å². The van der Waals surface area contributed by atoms with Crippen LogP contribution in [0.1, 0.15) is 23.6 Å². The molecule has 2 aromatic carbocycles. The van der Waals surface area contributed by atoms with Crippen LogP contribution in [0, 0.1) is 0 Å². The molecule has 0 amide bonds. The van der Waals surface area contributed by atoms with Crippen LogP contribution in [-0.2, 0) is 12.8 Å². The SMILES string of the molecule is CCc1cc2ccccc2s1.CCc1cc2ccccc2s1. The molecule has 0 aliphatic rings. The minimum atomic E-state index is 1.15. The zero-order valence-electron chi connectivity index (χ0n) is 13.0.